The van der Waals surface area contributed by atoms with Crippen LogP contribution in [0.2, 0.25) is 5.02 Å². The van der Waals surface area contributed by atoms with Crippen LogP contribution in [0.25, 0.3) is 0 Å². The summed E-state index contributed by atoms with van der Waals surface area (Å²) in [5, 5.41) is 3.84. The van der Waals surface area contributed by atoms with Gasteiger partial charge in [-0.2, -0.15) is 0 Å². The number of pyridine rings is 1. The van der Waals surface area contributed by atoms with Crippen molar-refractivity contribution in [3.63, 3.8) is 0 Å². The van der Waals surface area contributed by atoms with Gasteiger partial charge in [0.05, 0.1) is 5.02 Å². The van der Waals surface area contributed by atoms with Crippen molar-refractivity contribution in [2.75, 3.05) is 18.0 Å². The number of nitrogens with one attached hydrogen (secondary N) is 1. The van der Waals surface area contributed by atoms with Crippen molar-refractivity contribution in [1.29, 1.82) is 0 Å². The Morgan fingerprint density at radius 1 is 1.33 bits per heavy atom. The summed E-state index contributed by atoms with van der Waals surface area (Å²) in [6.45, 7) is 1.86. The van der Waals surface area contributed by atoms with E-state index in [4.69, 9.17) is 11.6 Å². The van der Waals surface area contributed by atoms with Gasteiger partial charge in [0.1, 0.15) is 5.82 Å². The second kappa shape index (κ2) is 6.65. The van der Waals surface area contributed by atoms with E-state index in [9.17, 15) is 4.79 Å². The molecule has 1 aliphatic heterocycles. The molecule has 3 rings (SSSR count). The molecule has 0 radical (unpaired) electrons. The van der Waals surface area contributed by atoms with Gasteiger partial charge in [0.25, 0.3) is 0 Å². The summed E-state index contributed by atoms with van der Waals surface area (Å²) in [5.74, 6) is 1.59. The Balaban J connectivity index is 1.46. The fourth-order valence-electron chi connectivity index (χ4n) is 3.06. The van der Waals surface area contributed by atoms with E-state index < -0.39 is 0 Å². The first-order chi connectivity index (χ1) is 10.2. The molecule has 114 valence electrons. The van der Waals surface area contributed by atoms with Gasteiger partial charge in [0.2, 0.25) is 5.91 Å². The van der Waals surface area contributed by atoms with Crippen LogP contribution in [0.5, 0.6) is 0 Å². The maximum absolute atomic E-state index is 12.0. The van der Waals surface area contributed by atoms with Gasteiger partial charge in [-0.3, -0.25) is 4.79 Å². The molecule has 0 spiro atoms. The Bertz CT molecular complexity index is 496. The van der Waals surface area contributed by atoms with Crippen LogP contribution in [-0.2, 0) is 4.79 Å². The lowest BCUT2D eigenvalue weighted by Gasteiger charge is -2.33. The van der Waals surface area contributed by atoms with Gasteiger partial charge in [-0.1, -0.05) is 11.6 Å². The Labute approximate surface area is 130 Å². The van der Waals surface area contributed by atoms with Crippen molar-refractivity contribution in [3.05, 3.63) is 23.4 Å². The normalized spacial score (nSPS) is 20.1. The van der Waals surface area contributed by atoms with Crippen LogP contribution in [0.15, 0.2) is 18.3 Å². The zero-order valence-electron chi connectivity index (χ0n) is 12.2. The van der Waals surface area contributed by atoms with Crippen LogP contribution >= 0.6 is 11.6 Å². The number of hydrogen-bond donors (Lipinski definition) is 1. The summed E-state index contributed by atoms with van der Waals surface area (Å²) in [7, 11) is 0. The maximum Gasteiger partial charge on any atom is 0.220 e. The zero-order chi connectivity index (χ0) is 14.7. The first-order valence-electron chi connectivity index (χ1n) is 7.87. The molecule has 1 amide bonds. The average molecular weight is 308 g/mol. The van der Waals surface area contributed by atoms with Crippen LogP contribution in [-0.4, -0.2) is 30.0 Å². The Morgan fingerprint density at radius 3 is 2.71 bits per heavy atom. The third kappa shape index (κ3) is 3.67. The highest BCUT2D eigenvalue weighted by atomic mass is 35.5. The van der Waals surface area contributed by atoms with Gasteiger partial charge >= 0.3 is 0 Å². The molecule has 1 saturated carbocycles. The van der Waals surface area contributed by atoms with E-state index in [0.29, 0.717) is 23.4 Å². The molecule has 2 heterocycles. The summed E-state index contributed by atoms with van der Waals surface area (Å²) in [6, 6.07) is 4.18. The van der Waals surface area contributed by atoms with Gasteiger partial charge in [0.15, 0.2) is 0 Å². The quantitative estimate of drug-likeness (QED) is 0.930. The molecule has 5 heteroatoms. The molecule has 0 unspecified atom stereocenters. The number of hydrogen-bond acceptors (Lipinski definition) is 3. The lowest BCUT2D eigenvalue weighted by Crippen LogP contribution is -2.41. The van der Waals surface area contributed by atoms with Gasteiger partial charge in [-0.25, -0.2) is 4.98 Å². The monoisotopic (exact) mass is 307 g/mol. The van der Waals surface area contributed by atoms with Crippen molar-refractivity contribution >= 4 is 23.3 Å². The molecule has 1 aromatic rings. The summed E-state index contributed by atoms with van der Waals surface area (Å²) >= 11 is 6.19. The molecule has 0 aromatic carbocycles. The van der Waals surface area contributed by atoms with Crippen molar-refractivity contribution in [1.82, 2.24) is 10.3 Å². The third-order valence-electron chi connectivity index (χ3n) is 4.60. The van der Waals surface area contributed by atoms with Gasteiger partial charge in [0, 0.05) is 31.7 Å². The highest BCUT2D eigenvalue weighted by molar-refractivity contribution is 6.32. The number of halogens is 1. The fraction of sp³-hybridized carbons (Fsp3) is 0.625. The van der Waals surface area contributed by atoms with Crippen LogP contribution in [0.1, 0.15) is 38.5 Å². The molecule has 4 nitrogen and oxygen atoms in total. The third-order valence-corrected chi connectivity index (χ3v) is 4.89. The minimum Gasteiger partial charge on any atom is -0.355 e. The summed E-state index contributed by atoms with van der Waals surface area (Å²) in [5.41, 5.74) is 0. The standard InChI is InChI=1S/C16H22ClN3O/c17-14-5-2-8-18-16(14)20-9-6-12(7-10-20)11-15(21)19-13-3-1-4-13/h2,5,8,12-13H,1,3-4,6-7,9-11H2,(H,19,21). The van der Waals surface area contributed by atoms with Gasteiger partial charge < -0.3 is 10.2 Å². The predicted molar refractivity (Wildman–Crippen MR) is 84.6 cm³/mol. The number of carbonyl (C=O) groups excluding carboxylic acids is 1. The number of carbonyl (C=O) groups is 1. The lowest BCUT2D eigenvalue weighted by atomic mass is 9.90. The number of anilines is 1. The number of aromatic nitrogens is 1. The molecule has 1 N–H and O–H groups in total. The molecule has 1 aliphatic carbocycles. The van der Waals surface area contributed by atoms with Crippen molar-refractivity contribution < 1.29 is 4.79 Å². The topological polar surface area (TPSA) is 45.2 Å². The average Bonchev–Trinajstić information content (AvgIpc) is 2.45. The highest BCUT2D eigenvalue weighted by Crippen LogP contribution is 2.28. The zero-order valence-corrected chi connectivity index (χ0v) is 13.0. The smallest absolute Gasteiger partial charge is 0.220 e. The maximum atomic E-state index is 12.0. The number of nitrogens with zero attached hydrogens (tertiary/aromatic N) is 2. The Kier molecular flexibility index (Phi) is 4.63. The first-order valence-corrected chi connectivity index (χ1v) is 8.25. The fourth-order valence-corrected chi connectivity index (χ4v) is 3.30. The predicted octanol–water partition coefficient (Wildman–Crippen LogP) is 3.01. The van der Waals surface area contributed by atoms with Crippen LogP contribution in [0, 0.1) is 5.92 Å². The minimum atomic E-state index is 0.231. The molecule has 1 aromatic heterocycles. The SMILES string of the molecule is O=C(CC1CCN(c2ncccc2Cl)CC1)NC1CCC1. The summed E-state index contributed by atoms with van der Waals surface area (Å²) < 4.78 is 0. The van der Waals surface area contributed by atoms with Crippen LogP contribution in [0.4, 0.5) is 5.82 Å². The lowest BCUT2D eigenvalue weighted by molar-refractivity contribution is -0.123. The molecule has 2 aliphatic rings. The number of amides is 1. The second-order valence-corrected chi connectivity index (χ2v) is 6.55. The van der Waals surface area contributed by atoms with Crippen molar-refractivity contribution in [3.8, 4) is 0 Å². The molecule has 0 bridgehead atoms. The molecule has 1 saturated heterocycles. The molecule has 2 fully saturated rings. The largest absolute Gasteiger partial charge is 0.355 e. The van der Waals surface area contributed by atoms with E-state index >= 15 is 0 Å². The van der Waals surface area contributed by atoms with Gasteiger partial charge in [-0.15, -0.1) is 0 Å². The van der Waals surface area contributed by atoms with E-state index in [2.05, 4.69) is 15.2 Å². The van der Waals surface area contributed by atoms with E-state index in [1.54, 1.807) is 6.20 Å². The van der Waals surface area contributed by atoms with Crippen LogP contribution in [0.3, 0.4) is 0 Å². The Hall–Kier alpha value is -1.29. The molecule has 21 heavy (non-hydrogen) atoms. The van der Waals surface area contributed by atoms with E-state index in [1.807, 2.05) is 12.1 Å². The number of rotatable bonds is 4. The minimum absolute atomic E-state index is 0.231. The van der Waals surface area contributed by atoms with E-state index in [0.717, 1.165) is 44.6 Å². The second-order valence-electron chi connectivity index (χ2n) is 6.14. The summed E-state index contributed by atoms with van der Waals surface area (Å²) in [4.78, 5) is 18.5. The van der Waals surface area contributed by atoms with E-state index in [1.165, 1.54) is 6.42 Å². The molecule has 0 atom stereocenters. The first kappa shape index (κ1) is 14.6. The van der Waals surface area contributed by atoms with Crippen molar-refractivity contribution in [2.45, 2.75) is 44.6 Å². The van der Waals surface area contributed by atoms with Crippen LogP contribution < -0.4 is 10.2 Å². The van der Waals surface area contributed by atoms with E-state index in [-0.39, 0.29) is 5.91 Å². The van der Waals surface area contributed by atoms with Crippen molar-refractivity contribution in [2.24, 2.45) is 5.92 Å². The molecular weight excluding hydrogens is 286 g/mol. The Morgan fingerprint density at radius 2 is 2.10 bits per heavy atom. The summed E-state index contributed by atoms with van der Waals surface area (Å²) in [6.07, 6.45) is 8.08. The molecular formula is C16H22ClN3O. The van der Waals surface area contributed by atoms with Gasteiger partial charge in [-0.05, 0) is 50.2 Å². The highest BCUT2D eigenvalue weighted by Gasteiger charge is 2.25. The number of piperidine rings is 1.